The predicted molar refractivity (Wildman–Crippen MR) is 560 cm³/mol. The number of hydrogen-bond acceptors (Lipinski definition) is 38. The first kappa shape index (κ1) is 104. The largest absolute Gasteiger partial charge is 0.505 e. The summed E-state index contributed by atoms with van der Waals surface area (Å²) in [6.45, 7) is 2.01. The lowest BCUT2D eigenvalue weighted by Gasteiger charge is -2.27. The highest BCUT2D eigenvalue weighted by Gasteiger charge is 2.36. The second kappa shape index (κ2) is 44.6. The van der Waals surface area contributed by atoms with E-state index in [2.05, 4.69) is 102 Å². The molecule has 0 bridgehead atoms. The van der Waals surface area contributed by atoms with E-state index in [-0.39, 0.29) is 119 Å². The van der Waals surface area contributed by atoms with Crippen LogP contribution >= 0.6 is 174 Å². The number of halogens is 4. The lowest BCUT2D eigenvalue weighted by atomic mass is 10.1. The van der Waals surface area contributed by atoms with E-state index in [0.29, 0.717) is 25.2 Å². The maximum absolute atomic E-state index is 13.4. The Morgan fingerprint density at radius 2 is 0.868 bits per heavy atom. The topological polar surface area (TPSA) is 643 Å². The number of alkyl halides is 1. The normalized spacial score (nSPS) is 13.5. The Morgan fingerprint density at radius 3 is 1.24 bits per heavy atom. The average Bonchev–Trinajstić information content (AvgIpc) is 0.988. The maximum Gasteiger partial charge on any atom is 0.347 e. The summed E-state index contributed by atoms with van der Waals surface area (Å²) in [7, 11) is -22.5. The zero-order valence-corrected chi connectivity index (χ0v) is 87.8. The first-order valence-electron chi connectivity index (χ1n) is 37.6. The van der Waals surface area contributed by atoms with E-state index in [1.165, 1.54) is 103 Å². The second-order valence-corrected chi connectivity index (χ2v) is 47.7. The Hall–Kier alpha value is -10.4. The Balaban J connectivity index is 0.000000153. The fourth-order valence-corrected chi connectivity index (χ4v) is 24.1. The Kier molecular flexibility index (Phi) is 34.3. The molecule has 712 valence electrons. The standard InChI is InChI=1S/C21H17N5O6S4.C20H13IN4O4S3.C15H9IN4O4S2.C11H10N2O4S.C6H9IN2O2S.C5H5BrS.CH5NO2S/c1-35(29,30)24-13-4-5-14-16(9-13)36(31,32)25-20(22-14)17-19(27)18(15-3-2-7-34-15)23-26(21(17)28)10-12-6-8-33-11-12;21-12-3-4-13-15(8-12)32(28,29)24-19(22-13)16-18(26)17(14-2-1-6-31-14)23-25(20(16)27)9-11-5-7-30-10-11;16-7-3-4-8-10(6-7)26(23,24)20-14(17-8)11-13(21)12(18-19-15(11)22)9-2-1-5-25-9;1-2-17-11(16)7-9(14)8(12-13-10(7)15)6-4-3-5-18-6;7-4-1-2-5(8)6(3-4)12(9,10)11;6-3-5-1-2-7-4-5;1-5(2,3)4/h2-9,11,24,27H,10H2,1H3,(H,22,25);1-8,10,26H,9H2,(H,22,24);1-6H,(H,17,20)(H2,19,21,22);3-5H,2H2,1H3,(H2,13,14,15);1-3,10-11H,8-9H2;1-2,4H,3H2;1H3,(H2,2,3,4). The molecule has 0 amide bonds. The van der Waals surface area contributed by atoms with Crippen molar-refractivity contribution in [1.82, 2.24) is 40.0 Å². The van der Waals surface area contributed by atoms with Crippen LogP contribution in [0.1, 0.15) is 50.7 Å². The molecule has 0 aliphatic carbocycles. The first-order chi connectivity index (χ1) is 64.2. The lowest BCUT2D eigenvalue weighted by Crippen LogP contribution is -2.34. The number of nitrogens with two attached hydrogens (primary N) is 3. The van der Waals surface area contributed by atoms with Crippen molar-refractivity contribution >= 4 is 276 Å². The minimum absolute atomic E-state index is 0.0107. The molecule has 18 N–H and O–H groups in total. The van der Waals surface area contributed by atoms with E-state index in [0.717, 1.165) is 50.4 Å². The van der Waals surface area contributed by atoms with Crippen LogP contribution in [0.4, 0.5) is 28.4 Å². The summed E-state index contributed by atoms with van der Waals surface area (Å²) in [5, 5.41) is 101. The van der Waals surface area contributed by atoms with Crippen molar-refractivity contribution in [3.05, 3.63) is 284 Å². The highest BCUT2D eigenvalue weighted by atomic mass is 127. The zero-order chi connectivity index (χ0) is 98.7. The molecule has 15 aromatic rings. The Bertz CT molecular complexity index is 7940. The van der Waals surface area contributed by atoms with E-state index < -0.39 is 118 Å². The third-order valence-corrected chi connectivity index (χ3v) is 31.6. The van der Waals surface area contributed by atoms with Gasteiger partial charge in [0.05, 0.1) is 79.4 Å². The zero-order valence-electron chi connectivity index (χ0n) is 69.2. The van der Waals surface area contributed by atoms with Crippen LogP contribution in [0.3, 0.4) is 0 Å². The molecule has 3 aliphatic rings. The molecule has 11 aromatic heterocycles. The van der Waals surface area contributed by atoms with Crippen LogP contribution in [0.15, 0.2) is 245 Å². The number of nitrogen functional groups attached to an aromatic ring is 1. The number of nitrogens with zero attached hydrogens (tertiary/aromatic N) is 9. The summed E-state index contributed by atoms with van der Waals surface area (Å²) >= 11 is 19.4. The van der Waals surface area contributed by atoms with Crippen molar-refractivity contribution in [3.63, 3.8) is 0 Å². The molecular weight excluding hydrogens is 2430 g/mol. The molecule has 0 radical (unpaired) electrons. The molecule has 40 nitrogen and oxygen atoms in total. The average molecular weight is 2500 g/mol. The molecule has 0 fully saturated rings. The van der Waals surface area contributed by atoms with Crippen molar-refractivity contribution in [2.45, 2.75) is 44.9 Å². The molecule has 0 saturated heterocycles. The maximum atomic E-state index is 13.4. The van der Waals surface area contributed by atoms with E-state index in [1.54, 1.807) is 125 Å². The number of rotatable bonds is 17. The number of aromatic amines is 2. The van der Waals surface area contributed by atoms with E-state index in [1.807, 2.05) is 107 Å². The third-order valence-electron chi connectivity index (χ3n) is 17.6. The fourth-order valence-electron chi connectivity index (χ4n) is 11.9. The van der Waals surface area contributed by atoms with E-state index in [4.69, 9.17) is 24.7 Å². The molecule has 136 heavy (non-hydrogen) atoms. The van der Waals surface area contributed by atoms with Crippen LogP contribution < -0.4 is 58.9 Å². The van der Waals surface area contributed by atoms with Gasteiger partial charge in [0.15, 0.2) is 46.1 Å². The number of thiophene rings is 7. The van der Waals surface area contributed by atoms with Gasteiger partial charge >= 0.3 is 5.97 Å². The van der Waals surface area contributed by atoms with Crippen molar-refractivity contribution < 1.29 is 81.2 Å². The molecule has 57 heteroatoms. The summed E-state index contributed by atoms with van der Waals surface area (Å²) in [6, 6.07) is 38.2. The van der Waals surface area contributed by atoms with Gasteiger partial charge in [0.25, 0.3) is 52.3 Å². The molecular formula is C79H68BrI3N18O22S13. The van der Waals surface area contributed by atoms with Crippen LogP contribution in [0.25, 0.3) is 42.3 Å². The molecule has 0 atom stereocenters. The summed E-state index contributed by atoms with van der Waals surface area (Å²) in [5.74, 6) is -3.55. The van der Waals surface area contributed by atoms with Gasteiger partial charge in [0, 0.05) is 21.7 Å². The van der Waals surface area contributed by atoms with Gasteiger partial charge in [-0.3, -0.25) is 33.0 Å². The smallest absolute Gasteiger partial charge is 0.347 e. The number of primary sulfonamides is 1. The minimum Gasteiger partial charge on any atom is -0.505 e. The number of fused-ring (bicyclic) bond motifs is 3. The number of nitrogens with one attached hydrogen (secondary N) is 6. The second-order valence-electron chi connectivity index (χ2n) is 27.6. The summed E-state index contributed by atoms with van der Waals surface area (Å²) < 4.78 is 160. The van der Waals surface area contributed by atoms with Gasteiger partial charge < -0.3 is 46.8 Å². The van der Waals surface area contributed by atoms with E-state index >= 15 is 0 Å². The number of hydrogen-bond donors (Lipinski definition) is 15. The molecule has 0 unspecified atom stereocenters. The Labute approximate surface area is 850 Å². The number of esters is 1. The highest BCUT2D eigenvalue weighted by Crippen LogP contribution is 2.45. The van der Waals surface area contributed by atoms with Crippen LogP contribution in [0.5, 0.6) is 23.0 Å². The number of carbonyl (C=O) groups excluding carboxylic acids is 1. The first-order valence-corrected chi connectivity index (χ1v) is 58.1. The number of H-pyrrole nitrogens is 2. The van der Waals surface area contributed by atoms with Gasteiger partial charge in [0.2, 0.25) is 20.0 Å². The highest BCUT2D eigenvalue weighted by molar-refractivity contribution is 14.1. The molecule has 4 aromatic carbocycles. The number of ether oxygens (including phenoxy) is 1. The Morgan fingerprint density at radius 1 is 0.500 bits per heavy atom. The summed E-state index contributed by atoms with van der Waals surface area (Å²) in [5.41, 5.74) is 5.89. The molecule has 0 spiro atoms. The summed E-state index contributed by atoms with van der Waals surface area (Å²) in [4.78, 5) is 64.5. The number of benzene rings is 4. The van der Waals surface area contributed by atoms with Crippen LogP contribution in [0, 0.1) is 10.7 Å². The number of carbonyl (C=O) groups is 1. The van der Waals surface area contributed by atoms with Gasteiger partial charge in [-0.05, 0) is 260 Å². The van der Waals surface area contributed by atoms with Crippen LogP contribution in [-0.2, 0) is 73.3 Å². The molecule has 3 aliphatic heterocycles. The molecule has 14 heterocycles. The third kappa shape index (κ3) is 26.3. The number of aromatic nitrogens is 8. The number of anilines is 5. The number of aromatic hydroxyl groups is 4. The lowest BCUT2D eigenvalue weighted by molar-refractivity contribution is 0.0520. The van der Waals surface area contributed by atoms with Crippen molar-refractivity contribution in [1.29, 1.82) is 0 Å². The van der Waals surface area contributed by atoms with Gasteiger partial charge in [-0.25, -0.2) is 51.5 Å². The van der Waals surface area contributed by atoms with E-state index in [9.17, 15) is 86.5 Å². The van der Waals surface area contributed by atoms with Gasteiger partial charge in [-0.1, -0.05) is 40.2 Å². The van der Waals surface area contributed by atoms with Crippen molar-refractivity contribution in [2.75, 3.05) is 45.5 Å². The van der Waals surface area contributed by atoms with Crippen molar-refractivity contribution in [2.24, 2.45) is 23.5 Å². The molecule has 0 saturated carbocycles. The van der Waals surface area contributed by atoms with Crippen LogP contribution in [-0.4, -0.2) is 154 Å². The predicted octanol–water partition coefficient (Wildman–Crippen LogP) is 13.8. The van der Waals surface area contributed by atoms with Crippen molar-refractivity contribution in [3.8, 4) is 65.3 Å². The number of amidine groups is 3. The minimum atomic E-state index is -4.37. The van der Waals surface area contributed by atoms with Gasteiger partial charge in [-0.15, -0.1) is 69.3 Å². The summed E-state index contributed by atoms with van der Waals surface area (Å²) in [6.07, 6.45) is 1.88. The molecule has 18 rings (SSSR count). The fraction of sp³-hybridized carbons (Fsp3) is 0.0886. The number of sulfonamides is 5. The monoisotopic (exact) mass is 2500 g/mol. The van der Waals surface area contributed by atoms with Gasteiger partial charge in [0.1, 0.15) is 54.2 Å². The SMILES string of the molecule is BrCc1ccsc1.CCOC(=O)c1c(O)c(-c2cccs2)n[nH]c1=O.CS(=O)(=O)Nc1ccc2c(c1)S(=O)(=O)N=C(c1c(O)c(-c3cccs3)nn(Cc3ccsc3)c1=O)N2.CS(N)(=O)=O.Nc1ccc(I)cc1S(N)(O)O.O=c1[nH]nc(-c2cccs2)c(O)c1C1=NS(=O)(=O)c2cc(I)ccc2N1.O=c1c(C2=NS(=O)(=O)c3cc(I)ccc3N2)c(O)c(-c2cccs2)nn1Cc1ccsc1. The quantitative estimate of drug-likeness (QED) is 0.0174. The van der Waals surface area contributed by atoms with Crippen LogP contribution in [0.2, 0.25) is 0 Å². The van der Waals surface area contributed by atoms with Gasteiger partial charge in [-0.2, -0.15) is 79.7 Å².